The molecule has 0 bridgehead atoms. The molecule has 3 nitrogen and oxygen atoms in total. The van der Waals surface area contributed by atoms with Crippen LogP contribution in [0.4, 0.5) is 17.6 Å². The largest absolute Gasteiger partial charge is 0.477 e. The average molecular weight is 190 g/mol. The Balaban J connectivity index is 3.69. The van der Waals surface area contributed by atoms with E-state index >= 15 is 0 Å². The second-order valence-corrected chi connectivity index (χ2v) is 1.92. The highest BCUT2D eigenvalue weighted by atomic mass is 19.3. The van der Waals surface area contributed by atoms with Gasteiger partial charge in [-0.2, -0.15) is 8.78 Å². The number of hydrogen-bond donors (Lipinski definition) is 1. The van der Waals surface area contributed by atoms with Crippen LogP contribution < -0.4 is 0 Å². The Morgan fingerprint density at radius 1 is 1.50 bits per heavy atom. The van der Waals surface area contributed by atoms with E-state index in [0.29, 0.717) is 0 Å². The molecule has 0 aromatic heterocycles. The number of halogens is 4. The van der Waals surface area contributed by atoms with E-state index in [1.807, 2.05) is 0 Å². The summed E-state index contributed by atoms with van der Waals surface area (Å²) in [6.07, 6.45) is -2.88. The summed E-state index contributed by atoms with van der Waals surface area (Å²) in [5.41, 5.74) is 0. The van der Waals surface area contributed by atoms with Crippen molar-refractivity contribution in [1.82, 2.24) is 0 Å². The summed E-state index contributed by atoms with van der Waals surface area (Å²) in [5.74, 6) is -6.49. The Morgan fingerprint density at radius 2 is 2.00 bits per heavy atom. The Bertz CT molecular complexity index is 159. The van der Waals surface area contributed by atoms with Crippen LogP contribution in [0, 0.1) is 0 Å². The van der Waals surface area contributed by atoms with Crippen molar-refractivity contribution in [2.45, 2.75) is 12.3 Å². The highest BCUT2D eigenvalue weighted by Gasteiger charge is 2.39. The van der Waals surface area contributed by atoms with Gasteiger partial charge in [-0.1, -0.05) is 0 Å². The molecule has 0 aliphatic heterocycles. The molecule has 0 amide bonds. The molecule has 0 spiro atoms. The Morgan fingerprint density at radius 3 is 2.33 bits per heavy atom. The molecule has 0 aliphatic rings. The summed E-state index contributed by atoms with van der Waals surface area (Å²) in [6, 6.07) is 0. The maximum atomic E-state index is 12.0. The van der Waals surface area contributed by atoms with Crippen LogP contribution in [-0.4, -0.2) is 36.6 Å². The van der Waals surface area contributed by atoms with Crippen molar-refractivity contribution in [1.29, 1.82) is 0 Å². The fraction of sp³-hybridized carbons (Fsp3) is 0.800. The molecule has 0 radical (unpaired) electrons. The van der Waals surface area contributed by atoms with Crippen LogP contribution in [0.3, 0.4) is 0 Å². The maximum absolute atomic E-state index is 12.0. The van der Waals surface area contributed by atoms with E-state index in [-0.39, 0.29) is 0 Å². The third kappa shape index (κ3) is 4.12. The molecule has 0 aliphatic carbocycles. The predicted molar refractivity (Wildman–Crippen MR) is 29.4 cm³/mol. The minimum Gasteiger partial charge on any atom is -0.477 e. The first kappa shape index (κ1) is 11.2. The summed E-state index contributed by atoms with van der Waals surface area (Å²) < 4.78 is 50.4. The molecule has 7 heteroatoms. The number of carbonyl (C=O) groups is 1. The van der Waals surface area contributed by atoms with E-state index in [4.69, 9.17) is 5.11 Å². The summed E-state index contributed by atoms with van der Waals surface area (Å²) in [5, 5.41) is 7.79. The van der Waals surface area contributed by atoms with Gasteiger partial charge in [-0.25, -0.2) is 13.6 Å². The lowest BCUT2D eigenvalue weighted by molar-refractivity contribution is -0.175. The Hall–Kier alpha value is -0.850. The van der Waals surface area contributed by atoms with Crippen LogP contribution in [0.2, 0.25) is 0 Å². The van der Waals surface area contributed by atoms with Gasteiger partial charge in [-0.3, -0.25) is 0 Å². The van der Waals surface area contributed by atoms with Crippen LogP contribution in [0.15, 0.2) is 0 Å². The van der Waals surface area contributed by atoms with E-state index in [2.05, 4.69) is 4.74 Å². The first-order chi connectivity index (χ1) is 5.36. The van der Waals surface area contributed by atoms with Gasteiger partial charge in [0.1, 0.15) is 13.2 Å². The Labute approximate surface area is 64.9 Å². The fourth-order valence-corrected chi connectivity index (χ4v) is 0.338. The zero-order valence-corrected chi connectivity index (χ0v) is 5.77. The summed E-state index contributed by atoms with van der Waals surface area (Å²) in [4.78, 5) is 9.68. The van der Waals surface area contributed by atoms with Gasteiger partial charge in [0.05, 0.1) is 0 Å². The summed E-state index contributed by atoms with van der Waals surface area (Å²) in [7, 11) is 0. The van der Waals surface area contributed by atoms with Crippen LogP contribution in [0.5, 0.6) is 0 Å². The topological polar surface area (TPSA) is 46.5 Å². The second kappa shape index (κ2) is 4.24. The van der Waals surface area contributed by atoms with Crippen molar-refractivity contribution < 1.29 is 32.2 Å². The summed E-state index contributed by atoms with van der Waals surface area (Å²) in [6.45, 7) is -2.73. The molecule has 72 valence electrons. The molecule has 12 heavy (non-hydrogen) atoms. The average Bonchev–Trinajstić information content (AvgIpc) is 1.85. The SMILES string of the molecule is O=C(O)C(F)(F)COCC(F)F. The monoisotopic (exact) mass is 190 g/mol. The van der Waals surface area contributed by atoms with Crippen molar-refractivity contribution >= 4 is 5.97 Å². The molecule has 0 heterocycles. The number of hydrogen-bond acceptors (Lipinski definition) is 2. The van der Waals surface area contributed by atoms with E-state index in [1.165, 1.54) is 0 Å². The number of alkyl halides is 4. The van der Waals surface area contributed by atoms with Crippen molar-refractivity contribution in [2.24, 2.45) is 0 Å². The van der Waals surface area contributed by atoms with Gasteiger partial charge in [0, 0.05) is 0 Å². The molecule has 0 saturated heterocycles. The molecule has 0 saturated carbocycles. The smallest absolute Gasteiger partial charge is 0.377 e. The molecule has 0 unspecified atom stereocenters. The van der Waals surface area contributed by atoms with Crippen molar-refractivity contribution in [3.8, 4) is 0 Å². The molecule has 0 rings (SSSR count). The van der Waals surface area contributed by atoms with Gasteiger partial charge in [0.2, 0.25) is 0 Å². The van der Waals surface area contributed by atoms with Gasteiger partial charge >= 0.3 is 11.9 Å². The van der Waals surface area contributed by atoms with Gasteiger partial charge in [-0.15, -0.1) is 0 Å². The predicted octanol–water partition coefficient (Wildman–Crippen LogP) is 0.988. The third-order valence-corrected chi connectivity index (χ3v) is 0.840. The first-order valence-corrected chi connectivity index (χ1v) is 2.83. The fourth-order valence-electron chi connectivity index (χ4n) is 0.338. The molecular formula is C5H6F4O3. The minimum absolute atomic E-state index is 1.19. The van der Waals surface area contributed by atoms with Crippen molar-refractivity contribution in [3.05, 3.63) is 0 Å². The quantitative estimate of drug-likeness (QED) is 0.657. The van der Waals surface area contributed by atoms with E-state index in [9.17, 15) is 22.4 Å². The number of ether oxygens (including phenoxy) is 1. The maximum Gasteiger partial charge on any atom is 0.377 e. The Kier molecular flexibility index (Phi) is 3.94. The zero-order chi connectivity index (χ0) is 9.78. The van der Waals surface area contributed by atoms with Crippen LogP contribution in [-0.2, 0) is 9.53 Å². The van der Waals surface area contributed by atoms with E-state index < -0.39 is 31.5 Å². The van der Waals surface area contributed by atoms with Gasteiger partial charge in [0.15, 0.2) is 0 Å². The molecule has 0 fully saturated rings. The molecular weight excluding hydrogens is 184 g/mol. The number of carboxylic acids is 1. The highest BCUT2D eigenvalue weighted by Crippen LogP contribution is 2.13. The normalized spacial score (nSPS) is 12.1. The van der Waals surface area contributed by atoms with Crippen molar-refractivity contribution in [3.63, 3.8) is 0 Å². The van der Waals surface area contributed by atoms with Crippen LogP contribution in [0.25, 0.3) is 0 Å². The number of rotatable bonds is 5. The molecule has 1 N–H and O–H groups in total. The lowest BCUT2D eigenvalue weighted by atomic mass is 10.4. The molecule has 0 aromatic carbocycles. The van der Waals surface area contributed by atoms with Gasteiger partial charge in [0.25, 0.3) is 6.43 Å². The van der Waals surface area contributed by atoms with Gasteiger partial charge < -0.3 is 9.84 Å². The van der Waals surface area contributed by atoms with Crippen LogP contribution in [0.1, 0.15) is 0 Å². The minimum atomic E-state index is -4.10. The van der Waals surface area contributed by atoms with E-state index in [0.717, 1.165) is 0 Å². The van der Waals surface area contributed by atoms with E-state index in [1.54, 1.807) is 0 Å². The number of aliphatic carboxylic acids is 1. The second-order valence-electron chi connectivity index (χ2n) is 1.92. The highest BCUT2D eigenvalue weighted by molar-refractivity contribution is 5.75. The lowest BCUT2D eigenvalue weighted by Gasteiger charge is -2.10. The lowest BCUT2D eigenvalue weighted by Crippen LogP contribution is -2.34. The number of carboxylic acid groups (broad SMARTS) is 1. The van der Waals surface area contributed by atoms with Crippen molar-refractivity contribution in [2.75, 3.05) is 13.2 Å². The zero-order valence-electron chi connectivity index (χ0n) is 5.77. The van der Waals surface area contributed by atoms with Crippen LogP contribution >= 0.6 is 0 Å². The first-order valence-electron chi connectivity index (χ1n) is 2.83. The third-order valence-electron chi connectivity index (χ3n) is 0.840. The summed E-state index contributed by atoms with van der Waals surface area (Å²) >= 11 is 0. The van der Waals surface area contributed by atoms with Gasteiger partial charge in [-0.05, 0) is 0 Å². The standard InChI is InChI=1S/C5H6F4O3/c6-3(7)1-12-2-5(8,9)4(10)11/h3H,1-2H2,(H,10,11). The molecule has 0 aromatic rings. The molecule has 0 atom stereocenters.